The summed E-state index contributed by atoms with van der Waals surface area (Å²) in [5.74, 6) is -0.337. The average molecular weight is 287 g/mol. The molecule has 0 bridgehead atoms. The third-order valence-corrected chi connectivity index (χ3v) is 3.29. The Morgan fingerprint density at radius 1 is 1.42 bits per heavy atom. The second-order valence-corrected chi connectivity index (χ2v) is 5.27. The maximum atomic E-state index is 11.3. The van der Waals surface area contributed by atoms with Gasteiger partial charge in [0.05, 0.1) is 24.4 Å². The normalized spacial score (nSPS) is 11.1. The number of hydrogen-bond acceptors (Lipinski definition) is 6. The number of carbonyl (C=O) groups excluding carboxylic acids is 1. The van der Waals surface area contributed by atoms with Crippen LogP contribution in [0, 0.1) is 0 Å². The number of nitrogens with two attached hydrogens (primary N) is 2. The fourth-order valence-electron chi connectivity index (χ4n) is 1.48. The fourth-order valence-corrected chi connectivity index (χ4v) is 2.16. The molecule has 0 saturated heterocycles. The lowest BCUT2D eigenvalue weighted by molar-refractivity contribution is -0.142. The Hall–Kier alpha value is -1.80. The van der Waals surface area contributed by atoms with Crippen LogP contribution in [0.2, 0.25) is 0 Å². The van der Waals surface area contributed by atoms with Crippen molar-refractivity contribution in [3.8, 4) is 0 Å². The first-order valence-electron chi connectivity index (χ1n) is 5.67. The highest BCUT2D eigenvalue weighted by Crippen LogP contribution is 2.25. The van der Waals surface area contributed by atoms with E-state index in [0.717, 1.165) is 0 Å². The van der Waals surface area contributed by atoms with E-state index in [4.69, 9.17) is 15.6 Å². The molecule has 1 aromatic carbocycles. The molecule has 0 aliphatic heterocycles. The van der Waals surface area contributed by atoms with E-state index < -0.39 is 10.0 Å². The van der Waals surface area contributed by atoms with Gasteiger partial charge in [-0.15, -0.1) is 0 Å². The molecule has 0 saturated carbocycles. The van der Waals surface area contributed by atoms with Gasteiger partial charge in [0.15, 0.2) is 0 Å². The zero-order chi connectivity index (χ0) is 14.5. The summed E-state index contributed by atoms with van der Waals surface area (Å²) in [4.78, 5) is 11.0. The number of esters is 1. The molecule has 7 nitrogen and oxygen atoms in total. The first-order valence-corrected chi connectivity index (χ1v) is 7.21. The molecule has 0 heterocycles. The first kappa shape index (κ1) is 15.3. The number of rotatable bonds is 6. The van der Waals surface area contributed by atoms with Crippen LogP contribution in [0.15, 0.2) is 23.1 Å². The lowest BCUT2D eigenvalue weighted by Gasteiger charge is -2.11. The Balaban J connectivity index is 2.73. The highest BCUT2D eigenvalue weighted by molar-refractivity contribution is 7.89. The van der Waals surface area contributed by atoms with Crippen LogP contribution in [0.1, 0.15) is 13.3 Å². The van der Waals surface area contributed by atoms with Gasteiger partial charge in [0.2, 0.25) is 10.0 Å². The maximum Gasteiger partial charge on any atom is 0.307 e. The van der Waals surface area contributed by atoms with Gasteiger partial charge in [-0.2, -0.15) is 0 Å². The van der Waals surface area contributed by atoms with E-state index in [1.54, 1.807) is 13.0 Å². The molecule has 0 aliphatic carbocycles. The number of anilines is 2. The van der Waals surface area contributed by atoms with Crippen molar-refractivity contribution in [2.75, 3.05) is 24.2 Å². The van der Waals surface area contributed by atoms with Gasteiger partial charge in [0.1, 0.15) is 4.90 Å². The molecule has 0 radical (unpaired) electrons. The van der Waals surface area contributed by atoms with Crippen molar-refractivity contribution in [1.82, 2.24) is 0 Å². The Kier molecular flexibility index (Phi) is 5.13. The molecule has 106 valence electrons. The predicted molar refractivity (Wildman–Crippen MR) is 72.0 cm³/mol. The van der Waals surface area contributed by atoms with Crippen molar-refractivity contribution in [2.45, 2.75) is 18.2 Å². The quantitative estimate of drug-likeness (QED) is 0.510. The smallest absolute Gasteiger partial charge is 0.307 e. The number of benzene rings is 1. The molecule has 0 spiro atoms. The van der Waals surface area contributed by atoms with Crippen LogP contribution in [0.5, 0.6) is 0 Å². The standard InChI is InChI=1S/C11H17N3O4S/c1-2-18-10(15)6-7-14-8-4-3-5-9(11(8)12)19(13,16)17/h3-5,14H,2,6-7,12H2,1H3,(H2,13,16,17). The van der Waals surface area contributed by atoms with Gasteiger partial charge in [0.25, 0.3) is 0 Å². The van der Waals surface area contributed by atoms with Crippen LogP contribution >= 0.6 is 0 Å². The summed E-state index contributed by atoms with van der Waals surface area (Å²) in [7, 11) is -3.86. The van der Waals surface area contributed by atoms with Crippen LogP contribution in [0.4, 0.5) is 11.4 Å². The van der Waals surface area contributed by atoms with Gasteiger partial charge in [-0.3, -0.25) is 4.79 Å². The molecule has 1 rings (SSSR count). The number of primary sulfonamides is 1. The minimum Gasteiger partial charge on any atom is -0.466 e. The number of ether oxygens (including phenoxy) is 1. The van der Waals surface area contributed by atoms with Gasteiger partial charge >= 0.3 is 5.97 Å². The molecule has 1 aromatic rings. The average Bonchev–Trinajstić information content (AvgIpc) is 2.30. The van der Waals surface area contributed by atoms with Crippen molar-refractivity contribution < 1.29 is 17.9 Å². The fraction of sp³-hybridized carbons (Fsp3) is 0.364. The summed E-state index contributed by atoms with van der Waals surface area (Å²) in [6.07, 6.45) is 0.160. The number of hydrogen-bond donors (Lipinski definition) is 3. The van der Waals surface area contributed by atoms with Crippen molar-refractivity contribution in [3.05, 3.63) is 18.2 Å². The minimum atomic E-state index is -3.86. The van der Waals surface area contributed by atoms with Gasteiger partial charge in [0, 0.05) is 6.54 Å². The SMILES string of the molecule is CCOC(=O)CCNc1cccc(S(N)(=O)=O)c1N. The molecule has 0 atom stereocenters. The first-order chi connectivity index (χ1) is 8.86. The van der Waals surface area contributed by atoms with Crippen LogP contribution < -0.4 is 16.2 Å². The van der Waals surface area contributed by atoms with Gasteiger partial charge in [-0.25, -0.2) is 13.6 Å². The third-order valence-electron chi connectivity index (χ3n) is 2.32. The largest absolute Gasteiger partial charge is 0.466 e. The third kappa shape index (κ3) is 4.42. The molecule has 0 amide bonds. The summed E-state index contributed by atoms with van der Waals surface area (Å²) >= 11 is 0. The molecule has 0 aromatic heterocycles. The van der Waals surface area contributed by atoms with E-state index in [-0.39, 0.29) is 29.5 Å². The lowest BCUT2D eigenvalue weighted by atomic mass is 10.2. The summed E-state index contributed by atoms with van der Waals surface area (Å²) in [5.41, 5.74) is 6.16. The Labute approximate surface area is 112 Å². The molecule has 8 heteroatoms. The van der Waals surface area contributed by atoms with Crippen molar-refractivity contribution in [2.24, 2.45) is 5.14 Å². The Morgan fingerprint density at radius 2 is 2.11 bits per heavy atom. The molecule has 0 aliphatic rings. The second-order valence-electron chi connectivity index (χ2n) is 3.74. The zero-order valence-corrected chi connectivity index (χ0v) is 11.4. The Bertz CT molecular complexity index is 557. The van der Waals surface area contributed by atoms with E-state index in [9.17, 15) is 13.2 Å². The predicted octanol–water partition coefficient (Wildman–Crippen LogP) is 0.281. The van der Waals surface area contributed by atoms with Crippen LogP contribution in [0.25, 0.3) is 0 Å². The Morgan fingerprint density at radius 3 is 2.68 bits per heavy atom. The van der Waals surface area contributed by atoms with Gasteiger partial charge in [-0.05, 0) is 19.1 Å². The van der Waals surface area contributed by atoms with Crippen molar-refractivity contribution in [1.29, 1.82) is 0 Å². The van der Waals surface area contributed by atoms with E-state index >= 15 is 0 Å². The molecular formula is C11H17N3O4S. The minimum absolute atomic E-state index is 0.0360. The highest BCUT2D eigenvalue weighted by Gasteiger charge is 2.14. The summed E-state index contributed by atoms with van der Waals surface area (Å²) in [6, 6.07) is 4.44. The molecule has 0 fully saturated rings. The number of sulfonamides is 1. The van der Waals surface area contributed by atoms with Crippen molar-refractivity contribution >= 4 is 27.4 Å². The van der Waals surface area contributed by atoms with Crippen LogP contribution in [-0.4, -0.2) is 27.5 Å². The summed E-state index contributed by atoms with van der Waals surface area (Å²) < 4.78 is 27.3. The summed E-state index contributed by atoms with van der Waals surface area (Å²) in [5, 5.41) is 7.90. The highest BCUT2D eigenvalue weighted by atomic mass is 32.2. The summed E-state index contributed by atoms with van der Waals surface area (Å²) in [6.45, 7) is 2.33. The molecular weight excluding hydrogens is 270 g/mol. The van der Waals surface area contributed by atoms with E-state index in [1.165, 1.54) is 12.1 Å². The number of nitrogens with one attached hydrogen (secondary N) is 1. The number of carbonyl (C=O) groups is 1. The molecule has 0 unspecified atom stereocenters. The van der Waals surface area contributed by atoms with Crippen LogP contribution in [0.3, 0.4) is 0 Å². The molecule has 5 N–H and O–H groups in total. The van der Waals surface area contributed by atoms with E-state index in [0.29, 0.717) is 12.3 Å². The number of para-hydroxylation sites is 1. The topological polar surface area (TPSA) is 125 Å². The van der Waals surface area contributed by atoms with E-state index in [2.05, 4.69) is 5.32 Å². The van der Waals surface area contributed by atoms with E-state index in [1.807, 2.05) is 0 Å². The molecule has 19 heavy (non-hydrogen) atoms. The maximum absolute atomic E-state index is 11.3. The monoisotopic (exact) mass is 287 g/mol. The van der Waals surface area contributed by atoms with Gasteiger partial charge < -0.3 is 15.8 Å². The van der Waals surface area contributed by atoms with Crippen LogP contribution in [-0.2, 0) is 19.6 Å². The number of nitrogen functional groups attached to an aromatic ring is 1. The second kappa shape index (κ2) is 6.39. The lowest BCUT2D eigenvalue weighted by Crippen LogP contribution is -2.16. The van der Waals surface area contributed by atoms with Gasteiger partial charge in [-0.1, -0.05) is 6.07 Å². The van der Waals surface area contributed by atoms with Crippen molar-refractivity contribution in [3.63, 3.8) is 0 Å². The zero-order valence-electron chi connectivity index (χ0n) is 10.5.